The molecule has 0 unspecified atom stereocenters. The second-order valence-corrected chi connectivity index (χ2v) is 10.7. The number of esters is 1. The molecule has 0 saturated heterocycles. The zero-order valence-corrected chi connectivity index (χ0v) is 22.5. The molecule has 0 amide bonds. The first-order valence-corrected chi connectivity index (χ1v) is 13.6. The van der Waals surface area contributed by atoms with Gasteiger partial charge in [0.1, 0.15) is 6.10 Å². The van der Waals surface area contributed by atoms with Crippen molar-refractivity contribution in [1.29, 1.82) is 0 Å². The number of alkyl halides is 6. The number of aliphatic hydroxyl groups is 2. The van der Waals surface area contributed by atoms with E-state index in [4.69, 9.17) is 84.6 Å². The number of hydrogen-bond donors (Lipinski definition) is 2. The fourth-order valence-electron chi connectivity index (χ4n) is 3.01. The van der Waals surface area contributed by atoms with Gasteiger partial charge in [0.05, 0.1) is 45.5 Å². The SMILES string of the molecule is CCCCCCCCCCCC(=O)OC(CO)CO.Cl[C@H]1[C@H](Cl)[C@@H](Cl)[C@@H](Cl)[C@H](Cl)[C@H]1Cl. The Labute approximate surface area is 217 Å². The molecule has 1 aliphatic rings. The second kappa shape index (κ2) is 19.4. The van der Waals surface area contributed by atoms with Crippen LogP contribution in [0.3, 0.4) is 0 Å². The van der Waals surface area contributed by atoms with Crippen molar-refractivity contribution in [1.82, 2.24) is 0 Å². The van der Waals surface area contributed by atoms with Gasteiger partial charge in [0.15, 0.2) is 0 Å². The predicted molar refractivity (Wildman–Crippen MR) is 134 cm³/mol. The van der Waals surface area contributed by atoms with Gasteiger partial charge in [-0.05, 0) is 6.42 Å². The summed E-state index contributed by atoms with van der Waals surface area (Å²) in [6.45, 7) is 1.58. The van der Waals surface area contributed by atoms with Crippen molar-refractivity contribution in [2.24, 2.45) is 0 Å². The summed E-state index contributed by atoms with van der Waals surface area (Å²) in [6.07, 6.45) is 10.5. The van der Waals surface area contributed by atoms with Gasteiger partial charge in [-0.3, -0.25) is 4.79 Å². The molecule has 1 rings (SSSR count). The predicted octanol–water partition coefficient (Wildman–Crippen LogP) is 6.45. The molecule has 0 aromatic rings. The van der Waals surface area contributed by atoms with Gasteiger partial charge in [0.25, 0.3) is 0 Å². The maximum absolute atomic E-state index is 11.3. The van der Waals surface area contributed by atoms with Gasteiger partial charge in [-0.2, -0.15) is 0 Å². The third kappa shape index (κ3) is 13.6. The van der Waals surface area contributed by atoms with Gasteiger partial charge in [0.2, 0.25) is 0 Å². The summed E-state index contributed by atoms with van der Waals surface area (Å²) < 4.78 is 4.88. The topological polar surface area (TPSA) is 66.8 Å². The first-order valence-electron chi connectivity index (χ1n) is 11.0. The van der Waals surface area contributed by atoms with Crippen molar-refractivity contribution in [3.63, 3.8) is 0 Å². The number of carbonyl (C=O) groups is 1. The van der Waals surface area contributed by atoms with E-state index in [2.05, 4.69) is 6.92 Å². The molecular weight excluding hydrogens is 529 g/mol. The summed E-state index contributed by atoms with van der Waals surface area (Å²) in [7, 11) is 0. The van der Waals surface area contributed by atoms with Crippen LogP contribution in [0, 0.1) is 0 Å². The average Bonchev–Trinajstić information content (AvgIpc) is 2.78. The van der Waals surface area contributed by atoms with Crippen molar-refractivity contribution in [2.75, 3.05) is 13.2 Å². The number of unbranched alkanes of at least 4 members (excludes halogenated alkanes) is 8. The Bertz CT molecular complexity index is 397. The lowest BCUT2D eigenvalue weighted by Crippen LogP contribution is -2.52. The van der Waals surface area contributed by atoms with E-state index < -0.39 is 38.4 Å². The summed E-state index contributed by atoms with van der Waals surface area (Å²) in [5.41, 5.74) is 0. The minimum Gasteiger partial charge on any atom is -0.457 e. The van der Waals surface area contributed by atoms with Gasteiger partial charge < -0.3 is 14.9 Å². The molecule has 1 aliphatic carbocycles. The van der Waals surface area contributed by atoms with Crippen LogP contribution < -0.4 is 0 Å². The molecule has 0 atom stereocenters. The molecule has 1 saturated carbocycles. The lowest BCUT2D eigenvalue weighted by atomic mass is 9.97. The average molecular weight is 565 g/mol. The number of aliphatic hydroxyl groups excluding tert-OH is 2. The van der Waals surface area contributed by atoms with E-state index in [-0.39, 0.29) is 19.2 Å². The Morgan fingerprint density at radius 2 is 1.00 bits per heavy atom. The van der Waals surface area contributed by atoms with E-state index in [1.165, 1.54) is 44.9 Å². The first-order chi connectivity index (χ1) is 14.7. The van der Waals surface area contributed by atoms with Crippen molar-refractivity contribution in [3.8, 4) is 0 Å². The van der Waals surface area contributed by atoms with Crippen LogP contribution in [-0.2, 0) is 9.53 Å². The maximum Gasteiger partial charge on any atom is 0.306 e. The normalized spacial score (nSPS) is 28.2. The summed E-state index contributed by atoms with van der Waals surface area (Å²) in [5, 5.41) is 14.9. The molecule has 186 valence electrons. The lowest BCUT2D eigenvalue weighted by molar-refractivity contribution is -0.153. The third-order valence-corrected chi connectivity index (χ3v) is 9.05. The molecule has 0 aromatic carbocycles. The molecular formula is C21H36Cl6O4. The smallest absolute Gasteiger partial charge is 0.306 e. The van der Waals surface area contributed by atoms with Crippen LogP contribution in [0.5, 0.6) is 0 Å². The highest BCUT2D eigenvalue weighted by molar-refractivity contribution is 6.45. The van der Waals surface area contributed by atoms with Gasteiger partial charge in [-0.25, -0.2) is 0 Å². The summed E-state index contributed by atoms with van der Waals surface area (Å²) in [4.78, 5) is 11.3. The standard InChI is InChI=1S/C15H30O4.C6H6Cl6/c1-2-3-4-5-6-7-8-9-10-11-15(18)19-14(12-16)13-17;7-1-2(8)4(10)6(12)5(11)3(1)9/h14,16-17H,2-13H2,1H3;1-6H/t;1-,2-,3-,4+,5+,6+. The summed E-state index contributed by atoms with van der Waals surface area (Å²) in [5.74, 6) is -0.323. The van der Waals surface area contributed by atoms with Gasteiger partial charge >= 0.3 is 5.97 Å². The molecule has 0 heterocycles. The van der Waals surface area contributed by atoms with Crippen LogP contribution in [0.25, 0.3) is 0 Å². The molecule has 1 fully saturated rings. The Kier molecular flexibility index (Phi) is 20.1. The van der Waals surface area contributed by atoms with E-state index in [1.807, 2.05) is 0 Å². The third-order valence-electron chi connectivity index (χ3n) is 5.02. The van der Waals surface area contributed by atoms with E-state index >= 15 is 0 Å². The minimum atomic E-state index is -0.758. The number of hydrogen-bond acceptors (Lipinski definition) is 4. The molecule has 31 heavy (non-hydrogen) atoms. The Hall–Kier alpha value is 1.13. The van der Waals surface area contributed by atoms with E-state index in [9.17, 15) is 4.79 Å². The van der Waals surface area contributed by atoms with E-state index in [0.717, 1.165) is 12.8 Å². The van der Waals surface area contributed by atoms with Gasteiger partial charge in [-0.15, -0.1) is 69.6 Å². The second-order valence-electron chi connectivity index (χ2n) is 7.72. The number of halogens is 6. The van der Waals surface area contributed by atoms with Gasteiger partial charge in [-0.1, -0.05) is 58.3 Å². The molecule has 0 radical (unpaired) electrons. The Balaban J connectivity index is 0.000000639. The number of carbonyl (C=O) groups excluding carboxylic acids is 1. The minimum absolute atomic E-state index is 0.319. The highest BCUT2D eigenvalue weighted by atomic mass is 35.5. The number of rotatable bonds is 13. The van der Waals surface area contributed by atoms with Crippen LogP contribution in [-0.4, -0.2) is 67.8 Å². The monoisotopic (exact) mass is 562 g/mol. The molecule has 10 heteroatoms. The lowest BCUT2D eigenvalue weighted by Gasteiger charge is -2.37. The molecule has 0 aromatic heterocycles. The van der Waals surface area contributed by atoms with Crippen LogP contribution in [0.15, 0.2) is 0 Å². The van der Waals surface area contributed by atoms with Crippen molar-refractivity contribution in [2.45, 2.75) is 109 Å². The fourth-order valence-corrected chi connectivity index (χ4v) is 5.34. The van der Waals surface area contributed by atoms with Crippen molar-refractivity contribution >= 4 is 75.6 Å². The zero-order valence-electron chi connectivity index (χ0n) is 18.0. The highest BCUT2D eigenvalue weighted by Gasteiger charge is 2.46. The maximum atomic E-state index is 11.3. The van der Waals surface area contributed by atoms with E-state index in [1.54, 1.807) is 0 Å². The zero-order chi connectivity index (χ0) is 23.8. The van der Waals surface area contributed by atoms with Crippen molar-refractivity contribution in [3.05, 3.63) is 0 Å². The van der Waals surface area contributed by atoms with Crippen LogP contribution in [0.4, 0.5) is 0 Å². The summed E-state index contributed by atoms with van der Waals surface area (Å²) in [6, 6.07) is 0. The van der Waals surface area contributed by atoms with Crippen molar-refractivity contribution < 1.29 is 19.7 Å². The van der Waals surface area contributed by atoms with Crippen LogP contribution >= 0.6 is 69.6 Å². The highest BCUT2D eigenvalue weighted by Crippen LogP contribution is 2.39. The number of ether oxygens (including phenoxy) is 1. The Morgan fingerprint density at radius 3 is 1.32 bits per heavy atom. The first kappa shape index (κ1) is 32.1. The molecule has 2 N–H and O–H groups in total. The molecule has 4 nitrogen and oxygen atoms in total. The molecule has 0 aliphatic heterocycles. The van der Waals surface area contributed by atoms with Crippen LogP contribution in [0.2, 0.25) is 0 Å². The van der Waals surface area contributed by atoms with E-state index in [0.29, 0.717) is 6.42 Å². The molecule has 0 bridgehead atoms. The van der Waals surface area contributed by atoms with Crippen LogP contribution in [0.1, 0.15) is 71.1 Å². The van der Waals surface area contributed by atoms with Gasteiger partial charge in [0, 0.05) is 6.42 Å². The Morgan fingerprint density at radius 1 is 0.677 bits per heavy atom. The quantitative estimate of drug-likeness (QED) is 0.153. The summed E-state index contributed by atoms with van der Waals surface area (Å²) >= 11 is 35.3. The molecule has 0 spiro atoms. The fraction of sp³-hybridized carbons (Fsp3) is 0.952. The largest absolute Gasteiger partial charge is 0.457 e.